The molecule has 1 aliphatic heterocycles. The second kappa shape index (κ2) is 5.56. The molecule has 1 saturated heterocycles. The van der Waals surface area contributed by atoms with Crippen LogP contribution in [0.3, 0.4) is 0 Å². The van der Waals surface area contributed by atoms with Crippen LogP contribution >= 0.6 is 0 Å². The first-order valence-electron chi connectivity index (χ1n) is 9.31. The molecule has 0 amide bonds. The van der Waals surface area contributed by atoms with Crippen LogP contribution in [-0.4, -0.2) is 29.1 Å². The van der Waals surface area contributed by atoms with Gasteiger partial charge < -0.3 is 5.11 Å². The molecule has 0 spiro atoms. The first-order chi connectivity index (χ1) is 10.7. The van der Waals surface area contributed by atoms with Crippen molar-refractivity contribution in [3.8, 4) is 5.75 Å². The van der Waals surface area contributed by atoms with E-state index in [1.54, 1.807) is 0 Å². The highest BCUT2D eigenvalue weighted by Crippen LogP contribution is 2.56. The van der Waals surface area contributed by atoms with E-state index in [1.165, 1.54) is 75.6 Å². The quantitative estimate of drug-likeness (QED) is 0.902. The zero-order chi connectivity index (χ0) is 15.2. The fourth-order valence-corrected chi connectivity index (χ4v) is 5.71. The second-order valence-electron chi connectivity index (χ2n) is 7.76. The summed E-state index contributed by atoms with van der Waals surface area (Å²) in [6.07, 6.45) is 10.6. The predicted molar refractivity (Wildman–Crippen MR) is 90.3 cm³/mol. The molecule has 3 atom stereocenters. The molecule has 1 aromatic rings. The van der Waals surface area contributed by atoms with Gasteiger partial charge in [-0.2, -0.15) is 0 Å². The third-order valence-electron chi connectivity index (χ3n) is 6.73. The number of nitrogens with zero attached hydrogens (tertiary/aromatic N) is 1. The van der Waals surface area contributed by atoms with Crippen molar-refractivity contribution in [1.82, 2.24) is 4.90 Å². The summed E-state index contributed by atoms with van der Waals surface area (Å²) in [6.45, 7) is 4.84. The summed E-state index contributed by atoms with van der Waals surface area (Å²) in [4.78, 5) is 2.80. The van der Waals surface area contributed by atoms with Crippen LogP contribution in [0.25, 0.3) is 0 Å². The Hall–Kier alpha value is -1.02. The molecule has 2 aliphatic carbocycles. The van der Waals surface area contributed by atoms with Crippen molar-refractivity contribution in [2.45, 2.75) is 69.7 Å². The summed E-state index contributed by atoms with van der Waals surface area (Å²) in [5.41, 5.74) is 3.39. The first-order valence-corrected chi connectivity index (χ1v) is 9.31. The normalized spacial score (nSPS) is 34.0. The lowest BCUT2D eigenvalue weighted by Crippen LogP contribution is -2.60. The summed E-state index contributed by atoms with van der Waals surface area (Å²) < 4.78 is 0. The molecule has 0 unspecified atom stereocenters. The minimum Gasteiger partial charge on any atom is -0.508 e. The topological polar surface area (TPSA) is 23.5 Å². The molecular weight excluding hydrogens is 270 g/mol. The summed E-state index contributed by atoms with van der Waals surface area (Å²) in [5.74, 6) is 1.28. The van der Waals surface area contributed by atoms with Gasteiger partial charge in [0.2, 0.25) is 0 Å². The van der Waals surface area contributed by atoms with Crippen LogP contribution in [0.4, 0.5) is 0 Å². The number of fused-ring (bicyclic) bond motifs is 1. The maximum Gasteiger partial charge on any atom is 0.115 e. The number of piperidine rings is 1. The Kier molecular flexibility index (Phi) is 3.68. The molecule has 22 heavy (non-hydrogen) atoms. The van der Waals surface area contributed by atoms with Gasteiger partial charge in [-0.1, -0.05) is 32.3 Å². The predicted octanol–water partition coefficient (Wildman–Crippen LogP) is 4.25. The number of likely N-dealkylation sites (tertiary alicyclic amines) is 1. The molecule has 120 valence electrons. The van der Waals surface area contributed by atoms with Crippen molar-refractivity contribution in [2.24, 2.45) is 5.92 Å². The molecule has 1 N–H and O–H groups in total. The molecule has 0 aromatic heterocycles. The lowest BCUT2D eigenvalue weighted by atomic mass is 9.52. The fourth-order valence-electron chi connectivity index (χ4n) is 5.71. The summed E-state index contributed by atoms with van der Waals surface area (Å²) >= 11 is 0. The minimum absolute atomic E-state index is 0.373. The SMILES string of the molecule is CCCCN1CC[C@]23CCCC[C@H]2[C@@H]1Cc1ccc(O)cc13. The van der Waals surface area contributed by atoms with Crippen LogP contribution in [-0.2, 0) is 11.8 Å². The highest BCUT2D eigenvalue weighted by molar-refractivity contribution is 5.45. The number of rotatable bonds is 3. The summed E-state index contributed by atoms with van der Waals surface area (Å²) in [6, 6.07) is 6.95. The summed E-state index contributed by atoms with van der Waals surface area (Å²) in [5, 5.41) is 10.0. The van der Waals surface area contributed by atoms with Gasteiger partial charge in [0.1, 0.15) is 5.75 Å². The molecule has 2 nitrogen and oxygen atoms in total. The zero-order valence-electron chi connectivity index (χ0n) is 13.9. The number of hydrogen-bond acceptors (Lipinski definition) is 2. The number of unbranched alkanes of at least 4 members (excludes halogenated alkanes) is 1. The third-order valence-corrected chi connectivity index (χ3v) is 6.73. The van der Waals surface area contributed by atoms with Gasteiger partial charge in [-0.3, -0.25) is 4.90 Å². The minimum atomic E-state index is 0.373. The largest absolute Gasteiger partial charge is 0.508 e. The van der Waals surface area contributed by atoms with Crippen molar-refractivity contribution in [1.29, 1.82) is 0 Å². The highest BCUT2D eigenvalue weighted by Gasteiger charge is 2.53. The van der Waals surface area contributed by atoms with Crippen molar-refractivity contribution in [3.05, 3.63) is 29.3 Å². The maximum atomic E-state index is 10.0. The number of benzene rings is 1. The van der Waals surface area contributed by atoms with Crippen molar-refractivity contribution in [3.63, 3.8) is 0 Å². The van der Waals surface area contributed by atoms with Crippen LogP contribution in [0.5, 0.6) is 5.75 Å². The molecule has 2 bridgehead atoms. The molecule has 2 fully saturated rings. The molecule has 4 rings (SSSR count). The number of hydrogen-bond donors (Lipinski definition) is 1. The Morgan fingerprint density at radius 2 is 2.18 bits per heavy atom. The van der Waals surface area contributed by atoms with E-state index in [0.717, 1.165) is 12.0 Å². The van der Waals surface area contributed by atoms with Gasteiger partial charge in [0, 0.05) is 11.5 Å². The van der Waals surface area contributed by atoms with E-state index in [1.807, 2.05) is 6.07 Å². The second-order valence-corrected chi connectivity index (χ2v) is 7.76. The van der Waals surface area contributed by atoms with Crippen LogP contribution in [0, 0.1) is 5.92 Å². The van der Waals surface area contributed by atoms with Gasteiger partial charge in [0.15, 0.2) is 0 Å². The Bertz CT molecular complexity index is 555. The average molecular weight is 299 g/mol. The first kappa shape index (κ1) is 14.6. The Morgan fingerprint density at radius 3 is 3.05 bits per heavy atom. The van der Waals surface area contributed by atoms with Crippen molar-refractivity contribution in [2.75, 3.05) is 13.1 Å². The Labute approximate surface area is 134 Å². The van der Waals surface area contributed by atoms with E-state index in [2.05, 4.69) is 24.0 Å². The van der Waals surface area contributed by atoms with Crippen molar-refractivity contribution >= 4 is 0 Å². The van der Waals surface area contributed by atoms with Crippen molar-refractivity contribution < 1.29 is 5.11 Å². The van der Waals surface area contributed by atoms with E-state index < -0.39 is 0 Å². The molecule has 1 saturated carbocycles. The van der Waals surface area contributed by atoms with Gasteiger partial charge in [-0.15, -0.1) is 0 Å². The van der Waals surface area contributed by atoms with Crippen LogP contribution in [0.2, 0.25) is 0 Å². The monoisotopic (exact) mass is 299 g/mol. The fraction of sp³-hybridized carbons (Fsp3) is 0.700. The van der Waals surface area contributed by atoms with Gasteiger partial charge in [0.05, 0.1) is 0 Å². The molecule has 3 aliphatic rings. The molecular formula is C20H29NO. The molecule has 1 aromatic carbocycles. The lowest BCUT2D eigenvalue weighted by molar-refractivity contribution is -0.0118. The lowest BCUT2D eigenvalue weighted by Gasteiger charge is -2.59. The Morgan fingerprint density at radius 1 is 1.27 bits per heavy atom. The van der Waals surface area contributed by atoms with Gasteiger partial charge in [-0.25, -0.2) is 0 Å². The van der Waals surface area contributed by atoms with E-state index >= 15 is 0 Å². The van der Waals surface area contributed by atoms with E-state index in [4.69, 9.17) is 0 Å². The third kappa shape index (κ3) is 2.11. The number of phenols is 1. The standard InChI is InChI=1S/C20H29NO/c1-2-3-11-21-12-10-20-9-5-4-6-17(20)19(21)13-15-7-8-16(22)14-18(15)20/h7-8,14,17,19,22H,2-6,9-13H2,1H3/t17-,19-,20+/m0/s1. The smallest absolute Gasteiger partial charge is 0.115 e. The maximum absolute atomic E-state index is 10.0. The van der Waals surface area contributed by atoms with Gasteiger partial charge in [-0.05, 0) is 74.4 Å². The highest BCUT2D eigenvalue weighted by atomic mass is 16.3. The van der Waals surface area contributed by atoms with E-state index in [0.29, 0.717) is 11.2 Å². The van der Waals surface area contributed by atoms with Gasteiger partial charge in [0.25, 0.3) is 0 Å². The van der Waals surface area contributed by atoms with Crippen LogP contribution in [0.15, 0.2) is 18.2 Å². The zero-order valence-corrected chi connectivity index (χ0v) is 13.9. The summed E-state index contributed by atoms with van der Waals surface area (Å²) in [7, 11) is 0. The van der Waals surface area contributed by atoms with E-state index in [9.17, 15) is 5.11 Å². The molecule has 0 radical (unpaired) electrons. The average Bonchev–Trinajstić information content (AvgIpc) is 2.55. The number of phenolic OH excluding ortho intramolecular Hbond substituents is 1. The van der Waals surface area contributed by atoms with Gasteiger partial charge >= 0.3 is 0 Å². The molecule has 2 heteroatoms. The van der Waals surface area contributed by atoms with Crippen LogP contribution < -0.4 is 0 Å². The van der Waals surface area contributed by atoms with Crippen LogP contribution in [0.1, 0.15) is 63.0 Å². The number of aromatic hydroxyl groups is 1. The Balaban J connectivity index is 1.75. The molecule has 1 heterocycles. The van der Waals surface area contributed by atoms with E-state index in [-0.39, 0.29) is 0 Å².